The van der Waals surface area contributed by atoms with Gasteiger partial charge in [0.2, 0.25) is 5.91 Å². The molecule has 0 radical (unpaired) electrons. The number of amides is 1. The molecule has 3 unspecified atom stereocenters. The number of hydrogen-bond acceptors (Lipinski definition) is 3. The molecule has 1 heterocycles. The van der Waals surface area contributed by atoms with Crippen LogP contribution in [0.4, 0.5) is 0 Å². The Labute approximate surface area is 126 Å². The molecule has 5 nitrogen and oxygen atoms in total. The number of aliphatic carboxylic acids is 1. The van der Waals surface area contributed by atoms with Crippen LogP contribution < -0.4 is 10.6 Å². The third kappa shape index (κ3) is 4.43. The van der Waals surface area contributed by atoms with Gasteiger partial charge in [0.05, 0.1) is 0 Å². The molecule has 3 N–H and O–H groups in total. The monoisotopic (exact) mass is 296 g/mol. The molecule has 1 aliphatic heterocycles. The van der Waals surface area contributed by atoms with Gasteiger partial charge in [-0.2, -0.15) is 0 Å². The number of piperidine rings is 1. The maximum atomic E-state index is 12.2. The van der Waals surface area contributed by atoms with E-state index in [4.69, 9.17) is 0 Å². The van der Waals surface area contributed by atoms with Gasteiger partial charge in [0.25, 0.3) is 0 Å². The van der Waals surface area contributed by atoms with E-state index in [0.29, 0.717) is 31.1 Å². The number of carboxylic acids is 1. The first-order valence-electron chi connectivity index (χ1n) is 8.27. The summed E-state index contributed by atoms with van der Waals surface area (Å²) in [6.45, 7) is 4.12. The van der Waals surface area contributed by atoms with E-state index in [1.165, 1.54) is 12.8 Å². The molecule has 5 heteroatoms. The van der Waals surface area contributed by atoms with E-state index in [9.17, 15) is 14.7 Å². The van der Waals surface area contributed by atoms with Gasteiger partial charge in [0.1, 0.15) is 5.54 Å². The minimum Gasteiger partial charge on any atom is -0.480 e. The first-order valence-corrected chi connectivity index (χ1v) is 8.27. The van der Waals surface area contributed by atoms with Crippen molar-refractivity contribution in [2.75, 3.05) is 13.1 Å². The van der Waals surface area contributed by atoms with Gasteiger partial charge in [0, 0.05) is 6.42 Å². The summed E-state index contributed by atoms with van der Waals surface area (Å²) in [4.78, 5) is 23.8. The third-order valence-corrected chi connectivity index (χ3v) is 4.96. The van der Waals surface area contributed by atoms with Gasteiger partial charge in [-0.3, -0.25) is 4.79 Å². The number of carboxylic acid groups (broad SMARTS) is 1. The number of carbonyl (C=O) groups excluding carboxylic acids is 1. The second kappa shape index (κ2) is 7.25. The van der Waals surface area contributed by atoms with Gasteiger partial charge in [-0.1, -0.05) is 19.8 Å². The van der Waals surface area contributed by atoms with Crippen molar-refractivity contribution in [3.05, 3.63) is 0 Å². The van der Waals surface area contributed by atoms with E-state index >= 15 is 0 Å². The fourth-order valence-corrected chi connectivity index (χ4v) is 3.75. The number of hydrogen-bond donors (Lipinski definition) is 3. The lowest BCUT2D eigenvalue weighted by Gasteiger charge is -2.37. The molecular formula is C16H28N2O3. The SMILES string of the molecule is CC1CCCC(NC(=O)CCC2CCCNC2)(C(=O)O)C1. The van der Waals surface area contributed by atoms with Gasteiger partial charge in [0.15, 0.2) is 0 Å². The zero-order valence-corrected chi connectivity index (χ0v) is 13.0. The average molecular weight is 296 g/mol. The van der Waals surface area contributed by atoms with E-state index in [0.717, 1.165) is 32.4 Å². The van der Waals surface area contributed by atoms with Crippen molar-refractivity contribution < 1.29 is 14.7 Å². The number of rotatable bonds is 5. The Morgan fingerprint density at radius 2 is 2.14 bits per heavy atom. The Kier molecular flexibility index (Phi) is 5.62. The zero-order chi connectivity index (χ0) is 15.3. The molecular weight excluding hydrogens is 268 g/mol. The van der Waals surface area contributed by atoms with Crippen LogP contribution in [0.3, 0.4) is 0 Å². The van der Waals surface area contributed by atoms with Crippen molar-refractivity contribution in [2.45, 2.75) is 63.8 Å². The first-order chi connectivity index (χ1) is 10.0. The largest absolute Gasteiger partial charge is 0.480 e. The average Bonchev–Trinajstić information content (AvgIpc) is 2.46. The molecule has 1 aliphatic carbocycles. The fraction of sp³-hybridized carbons (Fsp3) is 0.875. The highest BCUT2D eigenvalue weighted by Crippen LogP contribution is 2.32. The minimum atomic E-state index is -1.03. The first kappa shape index (κ1) is 16.3. The molecule has 3 atom stereocenters. The quantitative estimate of drug-likeness (QED) is 0.724. The second-order valence-corrected chi connectivity index (χ2v) is 6.89. The van der Waals surface area contributed by atoms with Crippen LogP contribution in [0.25, 0.3) is 0 Å². The Balaban J connectivity index is 1.84. The maximum Gasteiger partial charge on any atom is 0.329 e. The van der Waals surface area contributed by atoms with Crippen LogP contribution in [0, 0.1) is 11.8 Å². The van der Waals surface area contributed by atoms with Crippen molar-refractivity contribution in [2.24, 2.45) is 11.8 Å². The van der Waals surface area contributed by atoms with Gasteiger partial charge in [-0.15, -0.1) is 0 Å². The van der Waals surface area contributed by atoms with Crippen LogP contribution in [-0.2, 0) is 9.59 Å². The Hall–Kier alpha value is -1.10. The molecule has 21 heavy (non-hydrogen) atoms. The molecule has 2 rings (SSSR count). The smallest absolute Gasteiger partial charge is 0.329 e. The van der Waals surface area contributed by atoms with Crippen LogP contribution in [0.5, 0.6) is 0 Å². The normalized spacial score (nSPS) is 33.4. The summed E-state index contributed by atoms with van der Waals surface area (Å²) >= 11 is 0. The predicted octanol–water partition coefficient (Wildman–Crippen LogP) is 1.92. The van der Waals surface area contributed by atoms with Crippen molar-refractivity contribution in [1.82, 2.24) is 10.6 Å². The molecule has 0 bridgehead atoms. The standard InChI is InChI=1S/C16H28N2O3/c1-12-4-2-8-16(10-12,15(20)21)18-14(19)7-6-13-5-3-9-17-11-13/h12-13,17H,2-11H2,1H3,(H,18,19)(H,20,21). The molecule has 2 aliphatic rings. The number of nitrogens with one attached hydrogen (secondary N) is 2. The van der Waals surface area contributed by atoms with Crippen LogP contribution in [-0.4, -0.2) is 35.6 Å². The highest BCUT2D eigenvalue weighted by molar-refractivity contribution is 5.87. The van der Waals surface area contributed by atoms with Crippen molar-refractivity contribution in [3.8, 4) is 0 Å². The molecule has 2 fully saturated rings. The van der Waals surface area contributed by atoms with Crippen molar-refractivity contribution >= 4 is 11.9 Å². The molecule has 0 aromatic rings. The molecule has 1 saturated carbocycles. The van der Waals surface area contributed by atoms with E-state index in [2.05, 4.69) is 17.6 Å². The van der Waals surface area contributed by atoms with Crippen molar-refractivity contribution in [1.29, 1.82) is 0 Å². The van der Waals surface area contributed by atoms with E-state index in [-0.39, 0.29) is 5.91 Å². The highest BCUT2D eigenvalue weighted by Gasteiger charge is 2.43. The molecule has 0 aromatic carbocycles. The summed E-state index contributed by atoms with van der Waals surface area (Å²) in [7, 11) is 0. The number of carbonyl (C=O) groups is 2. The molecule has 0 spiro atoms. The van der Waals surface area contributed by atoms with Gasteiger partial charge < -0.3 is 15.7 Å². The minimum absolute atomic E-state index is 0.0999. The lowest BCUT2D eigenvalue weighted by Crippen LogP contribution is -2.56. The molecule has 1 amide bonds. The van der Waals surface area contributed by atoms with Crippen molar-refractivity contribution in [3.63, 3.8) is 0 Å². The Bertz CT molecular complexity index is 380. The van der Waals surface area contributed by atoms with Crippen LogP contribution in [0.2, 0.25) is 0 Å². The van der Waals surface area contributed by atoms with Crippen LogP contribution in [0.1, 0.15) is 58.3 Å². The topological polar surface area (TPSA) is 78.4 Å². The molecule has 120 valence electrons. The molecule has 1 saturated heterocycles. The van der Waals surface area contributed by atoms with E-state index in [1.54, 1.807) is 0 Å². The summed E-state index contributed by atoms with van der Waals surface area (Å²) in [5, 5.41) is 15.7. The summed E-state index contributed by atoms with van der Waals surface area (Å²) in [6.07, 6.45) is 6.67. The van der Waals surface area contributed by atoms with Crippen LogP contribution >= 0.6 is 0 Å². The fourth-order valence-electron chi connectivity index (χ4n) is 3.75. The lowest BCUT2D eigenvalue weighted by atomic mass is 9.76. The Morgan fingerprint density at radius 1 is 1.33 bits per heavy atom. The summed E-state index contributed by atoms with van der Waals surface area (Å²) in [5.41, 5.74) is -1.03. The second-order valence-electron chi connectivity index (χ2n) is 6.89. The Morgan fingerprint density at radius 3 is 2.76 bits per heavy atom. The maximum absolute atomic E-state index is 12.2. The predicted molar refractivity (Wildman–Crippen MR) is 81.0 cm³/mol. The van der Waals surface area contributed by atoms with Gasteiger partial charge in [-0.25, -0.2) is 4.79 Å². The summed E-state index contributed by atoms with van der Waals surface area (Å²) in [6, 6.07) is 0. The third-order valence-electron chi connectivity index (χ3n) is 4.96. The molecule has 0 aromatic heterocycles. The van der Waals surface area contributed by atoms with E-state index in [1.807, 2.05) is 0 Å². The lowest BCUT2D eigenvalue weighted by molar-refractivity contribution is -0.150. The van der Waals surface area contributed by atoms with Gasteiger partial charge >= 0.3 is 5.97 Å². The summed E-state index contributed by atoms with van der Waals surface area (Å²) in [5.74, 6) is -0.0629. The van der Waals surface area contributed by atoms with Gasteiger partial charge in [-0.05, 0) is 57.0 Å². The zero-order valence-electron chi connectivity index (χ0n) is 13.0. The highest BCUT2D eigenvalue weighted by atomic mass is 16.4. The van der Waals surface area contributed by atoms with E-state index < -0.39 is 11.5 Å². The van der Waals surface area contributed by atoms with Crippen LogP contribution in [0.15, 0.2) is 0 Å². The summed E-state index contributed by atoms with van der Waals surface area (Å²) < 4.78 is 0.